The van der Waals surface area contributed by atoms with Gasteiger partial charge >= 0.3 is 0 Å². The molecule has 0 amide bonds. The molecule has 19 heavy (non-hydrogen) atoms. The third-order valence-electron chi connectivity index (χ3n) is 2.72. The quantitative estimate of drug-likeness (QED) is 0.749. The first-order chi connectivity index (χ1) is 8.84. The Labute approximate surface area is 119 Å². The normalized spacial score (nSPS) is 13.7. The molecule has 108 valence electrons. The van der Waals surface area contributed by atoms with E-state index in [-0.39, 0.29) is 24.3 Å². The molecule has 0 fully saturated rings. The van der Waals surface area contributed by atoms with Gasteiger partial charge in [0.1, 0.15) is 5.15 Å². The lowest BCUT2D eigenvalue weighted by Crippen LogP contribution is -2.39. The molecular weight excluding hydrogens is 288 g/mol. The molecule has 1 aromatic heterocycles. The van der Waals surface area contributed by atoms with Crippen LogP contribution in [-0.4, -0.2) is 31.2 Å². The van der Waals surface area contributed by atoms with Crippen LogP contribution in [0.3, 0.4) is 0 Å². The molecule has 0 aromatic carbocycles. The van der Waals surface area contributed by atoms with Crippen LogP contribution in [0.5, 0.6) is 0 Å². The van der Waals surface area contributed by atoms with Gasteiger partial charge in [0.25, 0.3) is 0 Å². The summed E-state index contributed by atoms with van der Waals surface area (Å²) in [7, 11) is -3.46. The van der Waals surface area contributed by atoms with Gasteiger partial charge in [-0.3, -0.25) is 0 Å². The lowest BCUT2D eigenvalue weighted by Gasteiger charge is -2.21. The maximum absolute atomic E-state index is 12.0. The van der Waals surface area contributed by atoms with E-state index in [1.54, 1.807) is 12.1 Å². The second kappa shape index (κ2) is 7.19. The molecule has 0 saturated carbocycles. The molecule has 0 spiro atoms. The van der Waals surface area contributed by atoms with E-state index in [0.29, 0.717) is 17.1 Å². The van der Waals surface area contributed by atoms with Crippen molar-refractivity contribution >= 4 is 21.6 Å². The first-order valence-electron chi connectivity index (χ1n) is 6.05. The third kappa shape index (κ3) is 5.86. The van der Waals surface area contributed by atoms with Gasteiger partial charge in [0.05, 0.1) is 5.75 Å². The number of aromatic nitrogens is 1. The van der Waals surface area contributed by atoms with Crippen molar-refractivity contribution in [2.24, 2.45) is 5.92 Å². The lowest BCUT2D eigenvalue weighted by molar-refractivity contribution is 0.256. The summed E-state index contributed by atoms with van der Waals surface area (Å²) >= 11 is 5.65. The van der Waals surface area contributed by atoms with Gasteiger partial charge in [0.15, 0.2) is 0 Å². The van der Waals surface area contributed by atoms with E-state index in [1.807, 2.05) is 13.8 Å². The Bertz CT molecular complexity index is 488. The van der Waals surface area contributed by atoms with E-state index < -0.39 is 10.0 Å². The summed E-state index contributed by atoms with van der Waals surface area (Å²) in [4.78, 5) is 3.85. The van der Waals surface area contributed by atoms with Gasteiger partial charge in [0.2, 0.25) is 10.0 Å². The largest absolute Gasteiger partial charge is 0.396 e. The van der Waals surface area contributed by atoms with Gasteiger partial charge in [-0.1, -0.05) is 31.5 Å². The predicted molar refractivity (Wildman–Crippen MR) is 75.3 cm³/mol. The molecule has 1 atom stereocenters. The molecule has 0 aliphatic carbocycles. The van der Waals surface area contributed by atoms with E-state index >= 15 is 0 Å². The fourth-order valence-electron chi connectivity index (χ4n) is 1.65. The van der Waals surface area contributed by atoms with E-state index in [2.05, 4.69) is 9.71 Å². The number of hydrogen-bond donors (Lipinski definition) is 2. The zero-order valence-corrected chi connectivity index (χ0v) is 12.6. The van der Waals surface area contributed by atoms with Gasteiger partial charge in [-0.2, -0.15) is 0 Å². The van der Waals surface area contributed by atoms with Gasteiger partial charge in [-0.05, 0) is 24.0 Å². The average Bonchev–Trinajstić information content (AvgIpc) is 2.31. The molecule has 0 bridgehead atoms. The van der Waals surface area contributed by atoms with Gasteiger partial charge in [-0.25, -0.2) is 18.1 Å². The Morgan fingerprint density at radius 1 is 1.42 bits per heavy atom. The molecule has 5 nitrogen and oxygen atoms in total. The zero-order chi connectivity index (χ0) is 14.5. The lowest BCUT2D eigenvalue weighted by atomic mass is 10.0. The standard InChI is InChI=1S/C12H19ClN2O3S/c1-9(2)11(5-6-16)15-19(17,18)8-10-3-4-12(13)14-7-10/h3-4,7,9,11,15-16H,5-6,8H2,1-2H3. The minimum Gasteiger partial charge on any atom is -0.396 e. The number of sulfonamides is 1. The Kier molecular flexibility index (Phi) is 6.19. The first kappa shape index (κ1) is 16.4. The number of pyridine rings is 1. The highest BCUT2D eigenvalue weighted by atomic mass is 35.5. The Balaban J connectivity index is 2.72. The summed E-state index contributed by atoms with van der Waals surface area (Å²) in [6, 6.07) is 2.92. The van der Waals surface area contributed by atoms with Gasteiger partial charge < -0.3 is 5.11 Å². The van der Waals surface area contributed by atoms with Crippen molar-refractivity contribution in [1.29, 1.82) is 0 Å². The van der Waals surface area contributed by atoms with Crippen molar-refractivity contribution < 1.29 is 13.5 Å². The van der Waals surface area contributed by atoms with Crippen LogP contribution in [0.4, 0.5) is 0 Å². The number of aliphatic hydroxyl groups is 1. The predicted octanol–water partition coefficient (Wildman–Crippen LogP) is 1.56. The molecule has 0 aliphatic rings. The summed E-state index contributed by atoms with van der Waals surface area (Å²) in [5, 5.41) is 9.27. The second-order valence-electron chi connectivity index (χ2n) is 4.73. The van der Waals surface area contributed by atoms with Crippen LogP contribution in [0.1, 0.15) is 25.8 Å². The Hall–Kier alpha value is -0.690. The number of nitrogens with one attached hydrogen (secondary N) is 1. The van der Waals surface area contributed by atoms with Gasteiger partial charge in [-0.15, -0.1) is 0 Å². The smallest absolute Gasteiger partial charge is 0.216 e. The molecule has 0 aliphatic heterocycles. The summed E-state index contributed by atoms with van der Waals surface area (Å²) < 4.78 is 26.7. The van der Waals surface area contributed by atoms with Crippen molar-refractivity contribution in [3.63, 3.8) is 0 Å². The minimum atomic E-state index is -3.46. The topological polar surface area (TPSA) is 79.3 Å². The van der Waals surface area contributed by atoms with Crippen LogP contribution in [0, 0.1) is 5.92 Å². The Morgan fingerprint density at radius 3 is 2.58 bits per heavy atom. The molecule has 7 heteroatoms. The second-order valence-corrected chi connectivity index (χ2v) is 6.87. The first-order valence-corrected chi connectivity index (χ1v) is 8.08. The maximum atomic E-state index is 12.0. The van der Waals surface area contributed by atoms with Crippen LogP contribution in [0.15, 0.2) is 18.3 Å². The number of hydrogen-bond acceptors (Lipinski definition) is 4. The summed E-state index contributed by atoms with van der Waals surface area (Å²) in [6.07, 6.45) is 1.84. The summed E-state index contributed by atoms with van der Waals surface area (Å²) in [5.74, 6) is -0.0310. The van der Waals surface area contributed by atoms with Crippen molar-refractivity contribution in [3.8, 4) is 0 Å². The number of nitrogens with zero attached hydrogens (tertiary/aromatic N) is 1. The molecule has 1 aromatic rings. The fourth-order valence-corrected chi connectivity index (χ4v) is 3.31. The van der Waals surface area contributed by atoms with Gasteiger partial charge in [0, 0.05) is 18.8 Å². The number of aliphatic hydroxyl groups excluding tert-OH is 1. The fraction of sp³-hybridized carbons (Fsp3) is 0.583. The van der Waals surface area contributed by atoms with Crippen LogP contribution in [-0.2, 0) is 15.8 Å². The molecule has 1 heterocycles. The molecular formula is C12H19ClN2O3S. The Morgan fingerprint density at radius 2 is 2.11 bits per heavy atom. The van der Waals surface area contributed by atoms with Crippen molar-refractivity contribution in [1.82, 2.24) is 9.71 Å². The van der Waals surface area contributed by atoms with Crippen molar-refractivity contribution in [2.45, 2.75) is 32.1 Å². The highest BCUT2D eigenvalue weighted by molar-refractivity contribution is 7.88. The van der Waals surface area contributed by atoms with Crippen LogP contribution in [0.25, 0.3) is 0 Å². The molecule has 2 N–H and O–H groups in total. The van der Waals surface area contributed by atoms with Crippen LogP contribution >= 0.6 is 11.6 Å². The average molecular weight is 307 g/mol. The molecule has 1 rings (SSSR count). The van der Waals surface area contributed by atoms with E-state index in [0.717, 1.165) is 0 Å². The number of rotatable bonds is 7. The summed E-state index contributed by atoms with van der Waals surface area (Å²) in [5.41, 5.74) is 0.573. The number of halogens is 1. The van der Waals surface area contributed by atoms with Crippen molar-refractivity contribution in [2.75, 3.05) is 6.61 Å². The maximum Gasteiger partial charge on any atom is 0.216 e. The van der Waals surface area contributed by atoms with Crippen LogP contribution < -0.4 is 4.72 Å². The molecule has 0 radical (unpaired) electrons. The minimum absolute atomic E-state index is 0.0478. The van der Waals surface area contributed by atoms with E-state index in [4.69, 9.17) is 16.7 Å². The summed E-state index contributed by atoms with van der Waals surface area (Å²) in [6.45, 7) is 3.77. The van der Waals surface area contributed by atoms with E-state index in [9.17, 15) is 8.42 Å². The van der Waals surface area contributed by atoms with Crippen molar-refractivity contribution in [3.05, 3.63) is 29.0 Å². The molecule has 1 unspecified atom stereocenters. The zero-order valence-electron chi connectivity index (χ0n) is 11.0. The highest BCUT2D eigenvalue weighted by Gasteiger charge is 2.20. The third-order valence-corrected chi connectivity index (χ3v) is 4.32. The van der Waals surface area contributed by atoms with Crippen LogP contribution in [0.2, 0.25) is 5.15 Å². The molecule has 0 saturated heterocycles. The van der Waals surface area contributed by atoms with E-state index in [1.165, 1.54) is 6.20 Å². The monoisotopic (exact) mass is 306 g/mol. The highest BCUT2D eigenvalue weighted by Crippen LogP contribution is 2.11. The SMILES string of the molecule is CC(C)C(CCO)NS(=O)(=O)Cc1ccc(Cl)nc1.